The highest BCUT2D eigenvalue weighted by Gasteiger charge is 2.27. The van der Waals surface area contributed by atoms with Gasteiger partial charge in [-0.3, -0.25) is 14.2 Å². The summed E-state index contributed by atoms with van der Waals surface area (Å²) in [5, 5.41) is 1.28. The second-order valence-corrected chi connectivity index (χ2v) is 11.0. The molecule has 1 aliphatic heterocycles. The van der Waals surface area contributed by atoms with E-state index in [1.807, 2.05) is 43.0 Å². The van der Waals surface area contributed by atoms with Crippen molar-refractivity contribution < 1.29 is 14.3 Å². The number of fused-ring (bicyclic) bond motifs is 3. The molecule has 34 heavy (non-hydrogen) atoms. The molecule has 0 saturated carbocycles. The zero-order valence-corrected chi connectivity index (χ0v) is 21.3. The fourth-order valence-corrected chi connectivity index (χ4v) is 7.06. The number of carbonyl (C=O) groups is 1. The summed E-state index contributed by atoms with van der Waals surface area (Å²) in [5.74, 6) is 0.977. The van der Waals surface area contributed by atoms with Crippen LogP contribution in [0.2, 0.25) is 0 Å². The van der Waals surface area contributed by atoms with Gasteiger partial charge in [0.05, 0.1) is 36.1 Å². The number of amides is 1. The summed E-state index contributed by atoms with van der Waals surface area (Å²) in [7, 11) is 1.62. The number of benzene rings is 1. The van der Waals surface area contributed by atoms with Crippen LogP contribution in [0.5, 0.6) is 5.75 Å². The molecule has 1 saturated heterocycles. The number of ether oxygens (including phenoxy) is 2. The molecule has 0 radical (unpaired) electrons. The van der Waals surface area contributed by atoms with Crippen molar-refractivity contribution in [1.29, 1.82) is 0 Å². The summed E-state index contributed by atoms with van der Waals surface area (Å²) >= 11 is 2.96. The van der Waals surface area contributed by atoms with Crippen LogP contribution in [0.25, 0.3) is 15.9 Å². The van der Waals surface area contributed by atoms with Crippen molar-refractivity contribution in [2.75, 3.05) is 26.0 Å². The fourth-order valence-electron chi connectivity index (χ4n) is 4.84. The maximum Gasteiger partial charge on any atom is 0.267 e. The highest BCUT2D eigenvalue weighted by Crippen LogP contribution is 2.35. The molecule has 180 valence electrons. The summed E-state index contributed by atoms with van der Waals surface area (Å²) < 4.78 is 12.7. The third-order valence-electron chi connectivity index (χ3n) is 6.39. The van der Waals surface area contributed by atoms with Gasteiger partial charge in [0.1, 0.15) is 10.6 Å². The number of morpholine rings is 1. The molecule has 2 atom stereocenters. The van der Waals surface area contributed by atoms with E-state index in [-0.39, 0.29) is 29.4 Å². The minimum Gasteiger partial charge on any atom is -0.497 e. The van der Waals surface area contributed by atoms with Gasteiger partial charge in [-0.15, -0.1) is 11.3 Å². The predicted octanol–water partition coefficient (Wildman–Crippen LogP) is 4.06. The highest BCUT2D eigenvalue weighted by molar-refractivity contribution is 7.99. The first-order valence-corrected chi connectivity index (χ1v) is 13.5. The van der Waals surface area contributed by atoms with Crippen molar-refractivity contribution in [3.8, 4) is 11.4 Å². The Kier molecular flexibility index (Phi) is 6.68. The maximum atomic E-state index is 13.8. The molecule has 3 aromatic rings. The smallest absolute Gasteiger partial charge is 0.267 e. The van der Waals surface area contributed by atoms with Gasteiger partial charge in [-0.05, 0) is 69.4 Å². The monoisotopic (exact) mass is 499 g/mol. The lowest BCUT2D eigenvalue weighted by molar-refractivity contribution is -0.140. The van der Waals surface area contributed by atoms with Gasteiger partial charge in [0.2, 0.25) is 5.91 Å². The van der Waals surface area contributed by atoms with E-state index < -0.39 is 0 Å². The number of aryl methyl sites for hydroxylation is 2. The van der Waals surface area contributed by atoms with E-state index in [2.05, 4.69) is 0 Å². The van der Waals surface area contributed by atoms with Gasteiger partial charge in [-0.25, -0.2) is 4.98 Å². The Bertz CT molecular complexity index is 1260. The van der Waals surface area contributed by atoms with Crippen LogP contribution in [0.4, 0.5) is 0 Å². The zero-order chi connectivity index (χ0) is 23.8. The quantitative estimate of drug-likeness (QED) is 0.389. The molecule has 7 nitrogen and oxygen atoms in total. The lowest BCUT2D eigenvalue weighted by Gasteiger charge is -2.35. The predicted molar refractivity (Wildman–Crippen MR) is 136 cm³/mol. The largest absolute Gasteiger partial charge is 0.497 e. The van der Waals surface area contributed by atoms with Crippen LogP contribution >= 0.6 is 23.1 Å². The number of hydrogen-bond acceptors (Lipinski definition) is 7. The van der Waals surface area contributed by atoms with Crippen molar-refractivity contribution in [2.24, 2.45) is 0 Å². The van der Waals surface area contributed by atoms with Crippen molar-refractivity contribution >= 4 is 39.2 Å². The van der Waals surface area contributed by atoms with E-state index in [0.717, 1.165) is 52.9 Å². The molecule has 2 unspecified atom stereocenters. The van der Waals surface area contributed by atoms with Crippen molar-refractivity contribution in [3.63, 3.8) is 0 Å². The van der Waals surface area contributed by atoms with Crippen molar-refractivity contribution in [1.82, 2.24) is 14.5 Å². The number of thiophene rings is 1. The number of nitrogens with zero attached hydrogens (tertiary/aromatic N) is 3. The molecule has 9 heteroatoms. The summed E-state index contributed by atoms with van der Waals surface area (Å²) in [6.07, 6.45) is 4.21. The summed E-state index contributed by atoms with van der Waals surface area (Å²) in [4.78, 5) is 35.7. The molecule has 0 spiro atoms. The van der Waals surface area contributed by atoms with Crippen LogP contribution in [-0.4, -0.2) is 58.5 Å². The molecule has 1 amide bonds. The number of methoxy groups -OCH3 is 1. The van der Waals surface area contributed by atoms with Crippen molar-refractivity contribution in [2.45, 2.75) is 56.9 Å². The van der Waals surface area contributed by atoms with Crippen LogP contribution in [-0.2, 0) is 22.4 Å². The third-order valence-corrected chi connectivity index (χ3v) is 8.49. The van der Waals surface area contributed by atoms with Gasteiger partial charge < -0.3 is 14.4 Å². The maximum absolute atomic E-state index is 13.8. The van der Waals surface area contributed by atoms with Crippen LogP contribution in [0, 0.1) is 0 Å². The number of thioether (sulfide) groups is 1. The Morgan fingerprint density at radius 2 is 1.88 bits per heavy atom. The molecule has 0 bridgehead atoms. The van der Waals surface area contributed by atoms with Crippen LogP contribution in [0.15, 0.2) is 34.2 Å². The first-order valence-electron chi connectivity index (χ1n) is 11.7. The molecule has 5 rings (SSSR count). The standard InChI is InChI=1S/C25H29N3O4S2/c1-15-12-27(13-16(2)32-15)21(29)14-33-25-26-23-22(19-6-4-5-7-20(19)34-23)24(30)28(25)17-8-10-18(31-3)11-9-17/h8-11,15-16H,4-7,12-14H2,1-3H3. The summed E-state index contributed by atoms with van der Waals surface area (Å²) in [6, 6.07) is 7.41. The minimum atomic E-state index is -0.0573. The van der Waals surface area contributed by atoms with E-state index in [1.54, 1.807) is 23.0 Å². The van der Waals surface area contributed by atoms with Gasteiger partial charge in [-0.1, -0.05) is 11.8 Å². The van der Waals surface area contributed by atoms with Crippen LogP contribution in [0.1, 0.15) is 37.1 Å². The molecule has 3 heterocycles. The second-order valence-electron chi connectivity index (χ2n) is 8.97. The summed E-state index contributed by atoms with van der Waals surface area (Å²) in [5.41, 5.74) is 1.83. The van der Waals surface area contributed by atoms with Gasteiger partial charge in [0.15, 0.2) is 5.16 Å². The molecule has 1 aliphatic carbocycles. The average Bonchev–Trinajstić information content (AvgIpc) is 3.21. The number of aromatic nitrogens is 2. The molecular formula is C25H29N3O4S2. The van der Waals surface area contributed by atoms with Crippen LogP contribution in [0.3, 0.4) is 0 Å². The number of hydrogen-bond donors (Lipinski definition) is 0. The van der Waals surface area contributed by atoms with Crippen LogP contribution < -0.4 is 10.3 Å². The molecule has 0 N–H and O–H groups in total. The lowest BCUT2D eigenvalue weighted by atomic mass is 9.97. The minimum absolute atomic E-state index is 0.0158. The Morgan fingerprint density at radius 1 is 1.18 bits per heavy atom. The van der Waals surface area contributed by atoms with E-state index in [9.17, 15) is 9.59 Å². The number of rotatable bonds is 5. The first-order chi connectivity index (χ1) is 16.4. The van der Waals surface area contributed by atoms with Gasteiger partial charge in [-0.2, -0.15) is 0 Å². The van der Waals surface area contributed by atoms with E-state index in [0.29, 0.717) is 18.2 Å². The van der Waals surface area contributed by atoms with Gasteiger partial charge >= 0.3 is 0 Å². The molecular weight excluding hydrogens is 470 g/mol. The van der Waals surface area contributed by atoms with Gasteiger partial charge in [0.25, 0.3) is 5.56 Å². The Hall–Kier alpha value is -2.36. The molecule has 2 aromatic heterocycles. The topological polar surface area (TPSA) is 73.7 Å². The normalized spacial score (nSPS) is 20.4. The lowest BCUT2D eigenvalue weighted by Crippen LogP contribution is -2.48. The van der Waals surface area contributed by atoms with E-state index in [1.165, 1.54) is 16.6 Å². The first kappa shape index (κ1) is 23.4. The third kappa shape index (κ3) is 4.48. The average molecular weight is 500 g/mol. The SMILES string of the molecule is COc1ccc(-n2c(SCC(=O)N3CC(C)OC(C)C3)nc3sc4c(c3c2=O)CCCC4)cc1. The molecule has 1 aromatic carbocycles. The molecule has 1 fully saturated rings. The Balaban J connectivity index is 1.53. The van der Waals surface area contributed by atoms with Crippen molar-refractivity contribution in [3.05, 3.63) is 45.1 Å². The van der Waals surface area contributed by atoms with Gasteiger partial charge in [0, 0.05) is 18.0 Å². The zero-order valence-electron chi connectivity index (χ0n) is 19.7. The Morgan fingerprint density at radius 3 is 2.59 bits per heavy atom. The fraction of sp³-hybridized carbons (Fsp3) is 0.480. The number of carbonyl (C=O) groups excluding carboxylic acids is 1. The summed E-state index contributed by atoms with van der Waals surface area (Å²) in [6.45, 7) is 5.13. The molecule has 2 aliphatic rings. The highest BCUT2D eigenvalue weighted by atomic mass is 32.2. The van der Waals surface area contributed by atoms with E-state index >= 15 is 0 Å². The van der Waals surface area contributed by atoms with E-state index in [4.69, 9.17) is 14.5 Å². The Labute approximate surface area is 207 Å². The second kappa shape index (κ2) is 9.71.